The van der Waals surface area contributed by atoms with Crippen molar-refractivity contribution in [3.05, 3.63) is 88.5 Å². The molecule has 33 heavy (non-hydrogen) atoms. The second kappa shape index (κ2) is 8.79. The van der Waals surface area contributed by atoms with Gasteiger partial charge in [-0.15, -0.1) is 0 Å². The third-order valence-electron chi connectivity index (χ3n) is 6.14. The lowest BCUT2D eigenvalue weighted by Crippen LogP contribution is -2.38. The van der Waals surface area contributed by atoms with Crippen molar-refractivity contribution in [3.8, 4) is 0 Å². The Morgan fingerprint density at radius 3 is 2.85 bits per heavy atom. The summed E-state index contributed by atoms with van der Waals surface area (Å²) in [6.07, 6.45) is 3.65. The Balaban J connectivity index is 1.58. The molecule has 6 nitrogen and oxygen atoms in total. The van der Waals surface area contributed by atoms with Gasteiger partial charge in [0.2, 0.25) is 5.91 Å². The van der Waals surface area contributed by atoms with Gasteiger partial charge in [0.25, 0.3) is 0 Å². The van der Waals surface area contributed by atoms with Crippen LogP contribution in [0, 0.1) is 6.92 Å². The highest BCUT2D eigenvalue weighted by molar-refractivity contribution is 6.31. The monoisotopic (exact) mass is 461 g/mol. The van der Waals surface area contributed by atoms with Crippen molar-refractivity contribution < 1.29 is 14.0 Å². The molecule has 0 saturated heterocycles. The number of nitrogens with one attached hydrogen (secondary N) is 2. The fourth-order valence-corrected chi connectivity index (χ4v) is 4.76. The number of aryl methyl sites for hydroxylation is 1. The first-order valence-electron chi connectivity index (χ1n) is 11.0. The topological polar surface area (TPSA) is 74.6 Å². The van der Waals surface area contributed by atoms with Crippen LogP contribution in [0.2, 0.25) is 5.02 Å². The van der Waals surface area contributed by atoms with Gasteiger partial charge in [-0.1, -0.05) is 29.8 Å². The normalized spacial score (nSPS) is 17.7. The maximum Gasteiger partial charge on any atom is 0.243 e. The number of allylic oxidation sites excluding steroid dienone is 1. The van der Waals surface area contributed by atoms with E-state index >= 15 is 0 Å². The summed E-state index contributed by atoms with van der Waals surface area (Å²) >= 11 is 6.14. The Labute approximate surface area is 197 Å². The number of para-hydroxylation sites is 2. The SMILES string of the molecule is Cc1ccc(Cl)cc1NC(=O)CN1c2ccccc2NC2=C(C(=O)CCC2)[C@@H]1c1ccco1. The molecule has 0 spiro atoms. The van der Waals surface area contributed by atoms with Gasteiger partial charge in [0.1, 0.15) is 11.8 Å². The highest BCUT2D eigenvalue weighted by Gasteiger charge is 2.38. The zero-order valence-electron chi connectivity index (χ0n) is 18.2. The van der Waals surface area contributed by atoms with Crippen LogP contribution in [0.1, 0.15) is 36.6 Å². The summed E-state index contributed by atoms with van der Waals surface area (Å²) in [7, 11) is 0. The predicted molar refractivity (Wildman–Crippen MR) is 130 cm³/mol. The Morgan fingerprint density at radius 1 is 1.18 bits per heavy atom. The van der Waals surface area contributed by atoms with Crippen molar-refractivity contribution in [2.75, 3.05) is 22.1 Å². The van der Waals surface area contributed by atoms with Crippen LogP contribution in [-0.4, -0.2) is 18.2 Å². The van der Waals surface area contributed by atoms with E-state index in [1.807, 2.05) is 48.2 Å². The minimum absolute atomic E-state index is 0.0279. The van der Waals surface area contributed by atoms with Crippen molar-refractivity contribution in [2.24, 2.45) is 0 Å². The molecular weight excluding hydrogens is 438 g/mol. The van der Waals surface area contributed by atoms with Crippen LogP contribution in [-0.2, 0) is 9.59 Å². The van der Waals surface area contributed by atoms with E-state index in [-0.39, 0.29) is 18.2 Å². The first-order valence-corrected chi connectivity index (χ1v) is 11.4. The quantitative estimate of drug-likeness (QED) is 0.509. The largest absolute Gasteiger partial charge is 0.467 e. The van der Waals surface area contributed by atoms with E-state index in [2.05, 4.69) is 10.6 Å². The van der Waals surface area contributed by atoms with Crippen molar-refractivity contribution in [1.82, 2.24) is 0 Å². The van der Waals surface area contributed by atoms with E-state index in [0.29, 0.717) is 28.5 Å². The van der Waals surface area contributed by atoms with E-state index in [1.54, 1.807) is 24.5 Å². The number of carbonyl (C=O) groups is 2. The van der Waals surface area contributed by atoms with Crippen LogP contribution in [0.5, 0.6) is 0 Å². The molecule has 7 heteroatoms. The van der Waals surface area contributed by atoms with Crippen LogP contribution in [0.4, 0.5) is 17.1 Å². The van der Waals surface area contributed by atoms with Gasteiger partial charge >= 0.3 is 0 Å². The van der Waals surface area contributed by atoms with E-state index in [0.717, 1.165) is 35.5 Å². The average Bonchev–Trinajstić information content (AvgIpc) is 3.28. The molecule has 0 fully saturated rings. The molecule has 5 rings (SSSR count). The number of hydrogen-bond donors (Lipinski definition) is 2. The fraction of sp³-hybridized carbons (Fsp3) is 0.231. The van der Waals surface area contributed by atoms with Gasteiger partial charge in [-0.2, -0.15) is 0 Å². The lowest BCUT2D eigenvalue weighted by atomic mass is 9.88. The number of carbonyl (C=O) groups excluding carboxylic acids is 2. The number of amides is 1. The third-order valence-corrected chi connectivity index (χ3v) is 6.38. The molecule has 2 aliphatic rings. The van der Waals surface area contributed by atoms with Gasteiger partial charge in [0.05, 0.1) is 24.2 Å². The zero-order chi connectivity index (χ0) is 22.9. The van der Waals surface area contributed by atoms with Crippen molar-refractivity contribution in [2.45, 2.75) is 32.2 Å². The van der Waals surface area contributed by atoms with Gasteiger partial charge in [-0.25, -0.2) is 0 Å². The third kappa shape index (κ3) is 4.14. The first-order chi connectivity index (χ1) is 16.0. The number of Topliss-reactive ketones (excluding diaryl/α,β-unsaturated/α-hetero) is 1. The lowest BCUT2D eigenvalue weighted by Gasteiger charge is -2.33. The van der Waals surface area contributed by atoms with E-state index < -0.39 is 6.04 Å². The molecule has 1 amide bonds. The number of anilines is 3. The molecule has 1 aromatic heterocycles. The van der Waals surface area contributed by atoms with Crippen LogP contribution in [0.3, 0.4) is 0 Å². The second-order valence-electron chi connectivity index (χ2n) is 8.36. The number of furan rings is 1. The first kappa shape index (κ1) is 21.3. The lowest BCUT2D eigenvalue weighted by molar-refractivity contribution is -0.117. The molecule has 2 heterocycles. The molecule has 1 atom stereocenters. The van der Waals surface area contributed by atoms with Crippen molar-refractivity contribution in [1.29, 1.82) is 0 Å². The van der Waals surface area contributed by atoms with Gasteiger partial charge in [0, 0.05) is 28.4 Å². The van der Waals surface area contributed by atoms with E-state index in [4.69, 9.17) is 16.0 Å². The standard InChI is InChI=1S/C26H24ClN3O3/c1-16-11-12-17(27)14-20(16)29-24(32)15-30-21-8-3-2-6-18(21)28-19-7-4-9-22(31)25(19)26(30)23-10-5-13-33-23/h2-3,5-6,8,10-14,26,28H,4,7,9,15H2,1H3,(H,29,32)/t26-/m0/s1. The maximum absolute atomic E-state index is 13.3. The molecule has 2 aromatic carbocycles. The summed E-state index contributed by atoms with van der Waals surface area (Å²) in [5.41, 5.74) is 4.84. The number of hydrogen-bond acceptors (Lipinski definition) is 5. The molecule has 3 aromatic rings. The number of ketones is 1. The molecule has 0 unspecified atom stereocenters. The molecular formula is C26H24ClN3O3. The summed E-state index contributed by atoms with van der Waals surface area (Å²) in [5, 5.41) is 7.01. The highest BCUT2D eigenvalue weighted by atomic mass is 35.5. The summed E-state index contributed by atoms with van der Waals surface area (Å²) in [6, 6.07) is 16.3. The van der Waals surface area contributed by atoms with Crippen molar-refractivity contribution in [3.63, 3.8) is 0 Å². The molecule has 168 valence electrons. The average molecular weight is 462 g/mol. The number of nitrogens with zero attached hydrogens (tertiary/aromatic N) is 1. The van der Waals surface area contributed by atoms with Crippen LogP contribution in [0.15, 0.2) is 76.5 Å². The summed E-state index contributed by atoms with van der Waals surface area (Å²) in [6.45, 7) is 1.95. The second-order valence-corrected chi connectivity index (χ2v) is 8.80. The smallest absolute Gasteiger partial charge is 0.243 e. The predicted octanol–water partition coefficient (Wildman–Crippen LogP) is 5.86. The Hall–Kier alpha value is -3.51. The van der Waals surface area contributed by atoms with Gasteiger partial charge in [0.15, 0.2) is 5.78 Å². The van der Waals surface area contributed by atoms with E-state index in [1.165, 1.54) is 0 Å². The zero-order valence-corrected chi connectivity index (χ0v) is 19.0. The van der Waals surface area contributed by atoms with Gasteiger partial charge < -0.3 is 20.0 Å². The van der Waals surface area contributed by atoms with Crippen LogP contribution >= 0.6 is 11.6 Å². The fourth-order valence-electron chi connectivity index (χ4n) is 4.59. The minimum Gasteiger partial charge on any atom is -0.467 e. The van der Waals surface area contributed by atoms with Gasteiger partial charge in [-0.3, -0.25) is 9.59 Å². The van der Waals surface area contributed by atoms with Crippen LogP contribution < -0.4 is 15.5 Å². The van der Waals surface area contributed by atoms with Crippen molar-refractivity contribution >= 4 is 40.4 Å². The molecule has 0 radical (unpaired) electrons. The molecule has 1 aliphatic carbocycles. The molecule has 0 bridgehead atoms. The number of fused-ring (bicyclic) bond motifs is 1. The molecule has 2 N–H and O–H groups in total. The summed E-state index contributed by atoms with van der Waals surface area (Å²) in [5.74, 6) is 0.496. The Morgan fingerprint density at radius 2 is 2.03 bits per heavy atom. The molecule has 0 saturated carbocycles. The summed E-state index contributed by atoms with van der Waals surface area (Å²) in [4.78, 5) is 28.4. The highest BCUT2D eigenvalue weighted by Crippen LogP contribution is 2.44. The Bertz CT molecular complexity index is 1250. The molecule has 1 aliphatic heterocycles. The number of halogens is 1. The van der Waals surface area contributed by atoms with Crippen LogP contribution in [0.25, 0.3) is 0 Å². The summed E-state index contributed by atoms with van der Waals surface area (Å²) < 4.78 is 5.80. The van der Waals surface area contributed by atoms with E-state index in [9.17, 15) is 9.59 Å². The van der Waals surface area contributed by atoms with Gasteiger partial charge in [-0.05, 0) is 61.7 Å². The maximum atomic E-state index is 13.3. The minimum atomic E-state index is -0.509. The number of benzene rings is 2. The number of rotatable bonds is 4. The Kier molecular flexibility index (Phi) is 5.68.